The monoisotopic (exact) mass is 347 g/mol. The number of piperidine rings is 1. The van der Waals surface area contributed by atoms with E-state index >= 15 is 0 Å². The van der Waals surface area contributed by atoms with Gasteiger partial charge in [-0.15, -0.1) is 0 Å². The largest absolute Gasteiger partial charge is 0.504 e. The van der Waals surface area contributed by atoms with Crippen molar-refractivity contribution in [3.8, 4) is 11.5 Å². The van der Waals surface area contributed by atoms with Crippen LogP contribution in [-0.2, 0) is 11.3 Å². The molecule has 1 saturated heterocycles. The van der Waals surface area contributed by atoms with Crippen LogP contribution in [0.3, 0.4) is 0 Å². The van der Waals surface area contributed by atoms with Crippen molar-refractivity contribution in [3.05, 3.63) is 23.0 Å². The highest BCUT2D eigenvalue weighted by atomic mass is 16.5. The zero-order valence-electron chi connectivity index (χ0n) is 15.1. The van der Waals surface area contributed by atoms with Gasteiger partial charge in [-0.3, -0.25) is 4.90 Å². The van der Waals surface area contributed by atoms with Crippen LogP contribution in [-0.4, -0.2) is 42.8 Å². The highest BCUT2D eigenvalue weighted by molar-refractivity contribution is 6.08. The molecule has 25 heavy (non-hydrogen) atoms. The molecule has 1 aliphatic heterocycles. The number of furan rings is 1. The molecule has 6 heteroatoms. The quantitative estimate of drug-likeness (QED) is 0.833. The summed E-state index contributed by atoms with van der Waals surface area (Å²) in [6.45, 7) is 6.49. The third-order valence-electron chi connectivity index (χ3n) is 4.69. The normalized spacial score (nSPS) is 15.5. The summed E-state index contributed by atoms with van der Waals surface area (Å²) in [6, 6.07) is 1.80. The van der Waals surface area contributed by atoms with Crippen LogP contribution in [0.25, 0.3) is 11.0 Å². The fraction of sp³-hybridized carbons (Fsp3) is 0.526. The third-order valence-corrected chi connectivity index (χ3v) is 4.69. The fourth-order valence-corrected chi connectivity index (χ4v) is 3.49. The Morgan fingerprint density at radius 3 is 2.68 bits per heavy atom. The number of rotatable bonds is 5. The van der Waals surface area contributed by atoms with E-state index in [0.717, 1.165) is 18.7 Å². The molecule has 0 unspecified atom stereocenters. The Morgan fingerprint density at radius 1 is 1.32 bits per heavy atom. The molecule has 6 nitrogen and oxygen atoms in total. The van der Waals surface area contributed by atoms with E-state index in [1.807, 2.05) is 0 Å². The lowest BCUT2D eigenvalue weighted by molar-refractivity contribution is 0.0526. The van der Waals surface area contributed by atoms with Crippen molar-refractivity contribution in [2.75, 3.05) is 26.8 Å². The summed E-state index contributed by atoms with van der Waals surface area (Å²) < 4.78 is 16.3. The molecule has 0 bridgehead atoms. The maximum Gasteiger partial charge on any atom is 0.342 e. The number of aromatic hydroxyl groups is 1. The molecule has 0 amide bonds. The van der Waals surface area contributed by atoms with Gasteiger partial charge < -0.3 is 19.0 Å². The van der Waals surface area contributed by atoms with Gasteiger partial charge in [-0.25, -0.2) is 4.79 Å². The van der Waals surface area contributed by atoms with E-state index in [2.05, 4.69) is 4.90 Å². The van der Waals surface area contributed by atoms with E-state index in [1.54, 1.807) is 19.9 Å². The second-order valence-electron chi connectivity index (χ2n) is 6.38. The molecule has 2 heterocycles. The van der Waals surface area contributed by atoms with Crippen LogP contribution in [0, 0.1) is 6.92 Å². The van der Waals surface area contributed by atoms with Gasteiger partial charge in [0.2, 0.25) is 0 Å². The van der Waals surface area contributed by atoms with Crippen LogP contribution < -0.4 is 4.74 Å². The number of fused-ring (bicyclic) bond motifs is 1. The smallest absolute Gasteiger partial charge is 0.342 e. The molecule has 1 aromatic heterocycles. The van der Waals surface area contributed by atoms with Crippen molar-refractivity contribution in [1.82, 2.24) is 4.90 Å². The number of methoxy groups -OCH3 is 1. The Labute approximate surface area is 147 Å². The number of ether oxygens (including phenoxy) is 2. The number of aryl methyl sites for hydroxylation is 1. The standard InChI is InChI=1S/C19H25NO5/c1-4-24-19(22)15-12(2)25-18-13(11-20-8-6-5-7-9-20)10-14(23-3)17(21)16(15)18/h10,21H,4-9,11H2,1-3H3. The molecule has 1 aliphatic rings. The SMILES string of the molecule is CCOC(=O)c1c(C)oc2c(CN3CCCCC3)cc(OC)c(O)c12. The van der Waals surface area contributed by atoms with E-state index in [9.17, 15) is 9.90 Å². The molecular formula is C19H25NO5. The maximum atomic E-state index is 12.3. The van der Waals surface area contributed by atoms with Gasteiger partial charge in [0.1, 0.15) is 16.9 Å². The van der Waals surface area contributed by atoms with E-state index in [0.29, 0.717) is 29.0 Å². The summed E-state index contributed by atoms with van der Waals surface area (Å²) in [4.78, 5) is 14.7. The van der Waals surface area contributed by atoms with Crippen LogP contribution in [0.15, 0.2) is 10.5 Å². The van der Waals surface area contributed by atoms with Crippen LogP contribution in [0.4, 0.5) is 0 Å². The zero-order valence-corrected chi connectivity index (χ0v) is 15.1. The number of esters is 1. The summed E-state index contributed by atoms with van der Waals surface area (Å²) in [6.07, 6.45) is 3.63. The number of carbonyl (C=O) groups excluding carboxylic acids is 1. The maximum absolute atomic E-state index is 12.3. The number of hydrogen-bond donors (Lipinski definition) is 1. The Morgan fingerprint density at radius 2 is 2.04 bits per heavy atom. The van der Waals surface area contributed by atoms with Crippen molar-refractivity contribution in [2.24, 2.45) is 0 Å². The molecule has 1 fully saturated rings. The first-order valence-corrected chi connectivity index (χ1v) is 8.78. The van der Waals surface area contributed by atoms with Crippen LogP contribution in [0.1, 0.15) is 47.9 Å². The second-order valence-corrected chi connectivity index (χ2v) is 6.38. The highest BCUT2D eigenvalue weighted by Crippen LogP contribution is 2.42. The molecule has 136 valence electrons. The average Bonchev–Trinajstić information content (AvgIpc) is 2.96. The molecule has 0 atom stereocenters. The van der Waals surface area contributed by atoms with Crippen molar-refractivity contribution in [3.63, 3.8) is 0 Å². The van der Waals surface area contributed by atoms with Gasteiger partial charge in [-0.1, -0.05) is 6.42 Å². The van der Waals surface area contributed by atoms with Crippen LogP contribution in [0.2, 0.25) is 0 Å². The van der Waals surface area contributed by atoms with Gasteiger partial charge in [0.25, 0.3) is 0 Å². The number of nitrogens with zero attached hydrogens (tertiary/aromatic N) is 1. The lowest BCUT2D eigenvalue weighted by Crippen LogP contribution is -2.29. The lowest BCUT2D eigenvalue weighted by Gasteiger charge is -2.26. The number of phenols is 1. The van der Waals surface area contributed by atoms with Gasteiger partial charge in [0.15, 0.2) is 11.5 Å². The predicted molar refractivity (Wildman–Crippen MR) is 94.3 cm³/mol. The predicted octanol–water partition coefficient (Wildman–Crippen LogP) is 3.62. The molecule has 3 rings (SSSR count). The molecule has 1 aromatic carbocycles. The Balaban J connectivity index is 2.12. The third kappa shape index (κ3) is 3.31. The number of benzene rings is 1. The molecule has 0 spiro atoms. The number of likely N-dealkylation sites (tertiary alicyclic amines) is 1. The van der Waals surface area contributed by atoms with Gasteiger partial charge >= 0.3 is 5.97 Å². The first-order chi connectivity index (χ1) is 12.1. The molecule has 0 saturated carbocycles. The first kappa shape index (κ1) is 17.6. The Kier molecular flexibility index (Phi) is 5.18. The number of carbonyl (C=O) groups is 1. The van der Waals surface area contributed by atoms with Crippen molar-refractivity contribution in [2.45, 2.75) is 39.7 Å². The summed E-state index contributed by atoms with van der Waals surface area (Å²) in [5.41, 5.74) is 1.71. The minimum Gasteiger partial charge on any atom is -0.504 e. The summed E-state index contributed by atoms with van der Waals surface area (Å²) >= 11 is 0. The topological polar surface area (TPSA) is 72.1 Å². The number of phenolic OH excluding ortho intramolecular Hbond substituents is 1. The molecule has 2 aromatic rings. The van der Waals surface area contributed by atoms with Gasteiger partial charge in [0, 0.05) is 12.1 Å². The van der Waals surface area contributed by atoms with E-state index in [-0.39, 0.29) is 17.9 Å². The highest BCUT2D eigenvalue weighted by Gasteiger charge is 2.27. The molecule has 0 radical (unpaired) electrons. The lowest BCUT2D eigenvalue weighted by atomic mass is 10.0. The van der Waals surface area contributed by atoms with Gasteiger partial charge in [-0.05, 0) is 45.8 Å². The van der Waals surface area contributed by atoms with E-state index in [4.69, 9.17) is 13.9 Å². The average molecular weight is 347 g/mol. The zero-order chi connectivity index (χ0) is 18.0. The van der Waals surface area contributed by atoms with Gasteiger partial charge in [-0.2, -0.15) is 0 Å². The summed E-state index contributed by atoms with van der Waals surface area (Å²) in [5, 5.41) is 11.0. The Bertz CT molecular complexity index is 774. The van der Waals surface area contributed by atoms with E-state index < -0.39 is 5.97 Å². The van der Waals surface area contributed by atoms with E-state index in [1.165, 1.54) is 26.4 Å². The Hall–Kier alpha value is -2.21. The van der Waals surface area contributed by atoms with Crippen LogP contribution in [0.5, 0.6) is 11.5 Å². The minimum absolute atomic E-state index is 0.0835. The molecular weight excluding hydrogens is 322 g/mol. The van der Waals surface area contributed by atoms with Gasteiger partial charge in [0.05, 0.1) is 19.1 Å². The van der Waals surface area contributed by atoms with Crippen molar-refractivity contribution in [1.29, 1.82) is 0 Å². The first-order valence-electron chi connectivity index (χ1n) is 8.78. The molecule has 1 N–H and O–H groups in total. The van der Waals surface area contributed by atoms with Crippen molar-refractivity contribution >= 4 is 16.9 Å². The number of hydrogen-bond acceptors (Lipinski definition) is 6. The van der Waals surface area contributed by atoms with Crippen LogP contribution >= 0.6 is 0 Å². The minimum atomic E-state index is -0.494. The second kappa shape index (κ2) is 7.35. The summed E-state index contributed by atoms with van der Waals surface area (Å²) in [7, 11) is 1.50. The fourth-order valence-electron chi connectivity index (χ4n) is 3.49. The molecule has 0 aliphatic carbocycles. The summed E-state index contributed by atoms with van der Waals surface area (Å²) in [5.74, 6) is 0.203. The van der Waals surface area contributed by atoms with Crippen molar-refractivity contribution < 1.29 is 23.8 Å².